The van der Waals surface area contributed by atoms with Crippen molar-refractivity contribution in [3.63, 3.8) is 0 Å². The van der Waals surface area contributed by atoms with Crippen LogP contribution < -0.4 is 5.56 Å². The predicted molar refractivity (Wildman–Crippen MR) is 112 cm³/mol. The molecule has 0 saturated heterocycles. The van der Waals surface area contributed by atoms with E-state index >= 15 is 0 Å². The van der Waals surface area contributed by atoms with Gasteiger partial charge in [-0.05, 0) is 64.0 Å². The van der Waals surface area contributed by atoms with Crippen LogP contribution in [0.15, 0.2) is 82.1 Å². The smallest absolute Gasteiger partial charge is 0.266 e. The molecule has 4 nitrogen and oxygen atoms in total. The van der Waals surface area contributed by atoms with Crippen molar-refractivity contribution in [2.24, 2.45) is 0 Å². The fourth-order valence-electron chi connectivity index (χ4n) is 2.89. The number of halogens is 1. The highest BCUT2D eigenvalue weighted by atomic mass is 79.9. The van der Waals surface area contributed by atoms with Crippen LogP contribution in [0.2, 0.25) is 0 Å². The summed E-state index contributed by atoms with van der Waals surface area (Å²) in [6.07, 6.45) is 3.67. The van der Waals surface area contributed by atoms with Crippen LogP contribution in [0.3, 0.4) is 0 Å². The van der Waals surface area contributed by atoms with Gasteiger partial charge in [-0.1, -0.05) is 42.5 Å². The van der Waals surface area contributed by atoms with E-state index < -0.39 is 0 Å². The monoisotopic (exact) mass is 418 g/mol. The van der Waals surface area contributed by atoms with E-state index in [2.05, 4.69) is 20.9 Å². The second kappa shape index (κ2) is 7.21. The number of nitrogens with zero attached hydrogens (tertiary/aromatic N) is 2. The lowest BCUT2D eigenvalue weighted by molar-refractivity contribution is 0.472. The molecule has 4 aromatic rings. The fraction of sp³-hybridized carbons (Fsp3) is 0. The summed E-state index contributed by atoms with van der Waals surface area (Å²) in [7, 11) is 0. The number of phenolic OH excluding ortho intramolecular Hbond substituents is 1. The summed E-state index contributed by atoms with van der Waals surface area (Å²) in [5.74, 6) is 0.714. The van der Waals surface area contributed by atoms with E-state index in [9.17, 15) is 9.90 Å². The molecule has 1 aromatic heterocycles. The molecular weight excluding hydrogens is 404 g/mol. The number of aromatic nitrogens is 2. The summed E-state index contributed by atoms with van der Waals surface area (Å²) in [5, 5.41) is 10.2. The molecular formula is C22H15BrN2O2. The molecule has 5 heteroatoms. The van der Waals surface area contributed by atoms with E-state index in [1.54, 1.807) is 34.9 Å². The Balaban J connectivity index is 1.92. The molecule has 0 unspecified atom stereocenters. The zero-order valence-corrected chi connectivity index (χ0v) is 15.8. The Morgan fingerprint density at radius 3 is 2.44 bits per heavy atom. The number of fused-ring (bicyclic) bond motifs is 1. The average molecular weight is 419 g/mol. The summed E-state index contributed by atoms with van der Waals surface area (Å²) in [6, 6.07) is 22.0. The Kier molecular flexibility index (Phi) is 4.60. The Morgan fingerprint density at radius 1 is 0.926 bits per heavy atom. The SMILES string of the molecule is O=c1c2ccccc2nc(/C=C/c2ccc(O)c(Br)c2)n1-c1ccccc1. The molecule has 0 aliphatic rings. The Bertz CT molecular complexity index is 1210. The van der Waals surface area contributed by atoms with Crippen LogP contribution in [0.25, 0.3) is 28.7 Å². The summed E-state index contributed by atoms with van der Waals surface area (Å²) >= 11 is 3.31. The third-order valence-corrected chi connectivity index (χ3v) is 4.85. The van der Waals surface area contributed by atoms with Crippen molar-refractivity contribution in [3.05, 3.63) is 99.0 Å². The lowest BCUT2D eigenvalue weighted by Gasteiger charge is -2.11. The molecule has 0 amide bonds. The van der Waals surface area contributed by atoms with Crippen molar-refractivity contribution in [1.82, 2.24) is 9.55 Å². The van der Waals surface area contributed by atoms with Gasteiger partial charge in [0.15, 0.2) is 0 Å². The lowest BCUT2D eigenvalue weighted by Crippen LogP contribution is -2.22. The first-order valence-corrected chi connectivity index (χ1v) is 9.16. The quantitative estimate of drug-likeness (QED) is 0.507. The van der Waals surface area contributed by atoms with E-state index in [1.165, 1.54) is 0 Å². The molecule has 3 aromatic carbocycles. The molecule has 1 heterocycles. The standard InChI is InChI=1S/C22H15BrN2O2/c23-18-14-15(10-12-20(18)26)11-13-21-24-19-9-5-4-8-17(19)22(27)25(21)16-6-2-1-3-7-16/h1-14,26H/b13-11+. The number of hydrogen-bond acceptors (Lipinski definition) is 3. The maximum absolute atomic E-state index is 13.1. The minimum atomic E-state index is -0.113. The van der Waals surface area contributed by atoms with Gasteiger partial charge in [0.2, 0.25) is 0 Å². The second-order valence-electron chi connectivity index (χ2n) is 6.01. The maximum atomic E-state index is 13.1. The summed E-state index contributed by atoms with van der Waals surface area (Å²) in [6.45, 7) is 0. The summed E-state index contributed by atoms with van der Waals surface area (Å²) < 4.78 is 2.21. The molecule has 0 bridgehead atoms. The van der Waals surface area contributed by atoms with Crippen molar-refractivity contribution in [2.45, 2.75) is 0 Å². The minimum absolute atomic E-state index is 0.113. The van der Waals surface area contributed by atoms with Gasteiger partial charge in [0.05, 0.1) is 21.1 Å². The highest BCUT2D eigenvalue weighted by molar-refractivity contribution is 9.10. The molecule has 4 rings (SSSR count). The number of para-hydroxylation sites is 2. The summed E-state index contributed by atoms with van der Waals surface area (Å²) in [4.78, 5) is 17.8. The van der Waals surface area contributed by atoms with Crippen LogP contribution in [0.4, 0.5) is 0 Å². The highest BCUT2D eigenvalue weighted by Crippen LogP contribution is 2.25. The van der Waals surface area contributed by atoms with Gasteiger partial charge >= 0.3 is 0 Å². The van der Waals surface area contributed by atoms with Gasteiger partial charge in [0.25, 0.3) is 5.56 Å². The summed E-state index contributed by atoms with van der Waals surface area (Å²) in [5.41, 5.74) is 2.17. The van der Waals surface area contributed by atoms with Gasteiger partial charge in [0.1, 0.15) is 11.6 Å². The van der Waals surface area contributed by atoms with E-state index in [1.807, 2.05) is 54.6 Å². The molecule has 0 aliphatic heterocycles. The van der Waals surface area contributed by atoms with Gasteiger partial charge < -0.3 is 5.11 Å². The molecule has 1 N–H and O–H groups in total. The van der Waals surface area contributed by atoms with Gasteiger partial charge in [-0.3, -0.25) is 9.36 Å². The number of aromatic hydroxyl groups is 1. The third kappa shape index (κ3) is 3.41. The fourth-order valence-corrected chi connectivity index (χ4v) is 3.28. The molecule has 27 heavy (non-hydrogen) atoms. The lowest BCUT2D eigenvalue weighted by atomic mass is 10.2. The van der Waals surface area contributed by atoms with Gasteiger partial charge in [0, 0.05) is 0 Å². The predicted octanol–water partition coefficient (Wildman–Crippen LogP) is 5.02. The van der Waals surface area contributed by atoms with Crippen molar-refractivity contribution in [1.29, 1.82) is 0 Å². The Morgan fingerprint density at radius 2 is 1.67 bits per heavy atom. The van der Waals surface area contributed by atoms with Crippen LogP contribution in [0.1, 0.15) is 11.4 Å². The van der Waals surface area contributed by atoms with Crippen LogP contribution in [-0.4, -0.2) is 14.7 Å². The number of benzene rings is 3. The topological polar surface area (TPSA) is 55.1 Å². The van der Waals surface area contributed by atoms with Crippen LogP contribution in [0.5, 0.6) is 5.75 Å². The number of phenols is 1. The largest absolute Gasteiger partial charge is 0.507 e. The van der Waals surface area contributed by atoms with E-state index in [0.717, 1.165) is 11.3 Å². The molecule has 0 fully saturated rings. The molecule has 0 aliphatic carbocycles. The van der Waals surface area contributed by atoms with Crippen LogP contribution in [0, 0.1) is 0 Å². The maximum Gasteiger partial charge on any atom is 0.266 e. The third-order valence-electron chi connectivity index (χ3n) is 4.21. The van der Waals surface area contributed by atoms with Crippen LogP contribution >= 0.6 is 15.9 Å². The van der Waals surface area contributed by atoms with Crippen molar-refractivity contribution in [3.8, 4) is 11.4 Å². The Labute approximate surface area is 164 Å². The van der Waals surface area contributed by atoms with Crippen molar-refractivity contribution < 1.29 is 5.11 Å². The van der Waals surface area contributed by atoms with Gasteiger partial charge in [-0.15, -0.1) is 0 Å². The molecule has 0 atom stereocenters. The first kappa shape index (κ1) is 17.2. The van der Waals surface area contributed by atoms with Crippen molar-refractivity contribution >= 4 is 39.0 Å². The van der Waals surface area contributed by atoms with Crippen molar-refractivity contribution in [2.75, 3.05) is 0 Å². The second-order valence-corrected chi connectivity index (χ2v) is 6.86. The molecule has 132 valence electrons. The van der Waals surface area contributed by atoms with Crippen LogP contribution in [-0.2, 0) is 0 Å². The first-order chi connectivity index (χ1) is 13.1. The van der Waals surface area contributed by atoms with E-state index in [0.29, 0.717) is 21.2 Å². The van der Waals surface area contributed by atoms with E-state index in [4.69, 9.17) is 0 Å². The number of rotatable bonds is 3. The molecule has 0 radical (unpaired) electrons. The first-order valence-electron chi connectivity index (χ1n) is 8.37. The minimum Gasteiger partial charge on any atom is -0.507 e. The zero-order valence-electron chi connectivity index (χ0n) is 14.2. The molecule has 0 spiro atoms. The zero-order chi connectivity index (χ0) is 18.8. The normalized spacial score (nSPS) is 11.3. The highest BCUT2D eigenvalue weighted by Gasteiger charge is 2.10. The Hall–Kier alpha value is -3.18. The van der Waals surface area contributed by atoms with E-state index in [-0.39, 0.29) is 11.3 Å². The average Bonchev–Trinajstić information content (AvgIpc) is 2.70. The molecule has 0 saturated carbocycles. The van der Waals surface area contributed by atoms with Gasteiger partial charge in [-0.2, -0.15) is 0 Å². The number of hydrogen-bond donors (Lipinski definition) is 1. The van der Waals surface area contributed by atoms with Gasteiger partial charge in [-0.25, -0.2) is 4.98 Å².